The van der Waals surface area contributed by atoms with Crippen LogP contribution in [0.2, 0.25) is 0 Å². The molecule has 61 heavy (non-hydrogen) atoms. The van der Waals surface area contributed by atoms with Crippen molar-refractivity contribution in [3.63, 3.8) is 0 Å². The van der Waals surface area contributed by atoms with Crippen molar-refractivity contribution < 1.29 is 57.4 Å². The molecule has 0 aromatic heterocycles. The second-order valence-corrected chi connectivity index (χ2v) is 17.4. The smallest absolute Gasteiger partial charge is 0.462 e. The molecular weight excluding hydrogens is 797 g/mol. The third-order valence-corrected chi connectivity index (χ3v) is 9.94. The summed E-state index contributed by atoms with van der Waals surface area (Å²) in [4.78, 5) is 35.4. The van der Waals surface area contributed by atoms with Crippen LogP contribution in [0.5, 0.6) is 0 Å². The molecule has 0 heterocycles. The second kappa shape index (κ2) is 38.5. The molecule has 0 aliphatic rings. The SMILES string of the molecule is CCCCC/C=C\C/C=C\C/C=C\C/C=C\CCCC(=O)O[C@H](COC(=O)CCC[C@@H](O)[C@H](O)/C=C/C=C/C=C\C=C\[C@H](O)CCCCC)COP(=O)(O)OCC[N+](C)(C)C. The predicted octanol–water partition coefficient (Wildman–Crippen LogP) is 9.49. The van der Waals surface area contributed by atoms with Gasteiger partial charge in [0.2, 0.25) is 0 Å². The van der Waals surface area contributed by atoms with E-state index < -0.39 is 57.4 Å². The molecule has 12 nitrogen and oxygen atoms in total. The van der Waals surface area contributed by atoms with Crippen LogP contribution in [-0.4, -0.2) is 109 Å². The Morgan fingerprint density at radius 1 is 0.623 bits per heavy atom. The zero-order valence-electron chi connectivity index (χ0n) is 37.9. The number of allylic oxidation sites excluding steroid dienone is 14. The molecule has 0 bridgehead atoms. The van der Waals surface area contributed by atoms with Gasteiger partial charge in [0.05, 0.1) is 46.1 Å². The van der Waals surface area contributed by atoms with E-state index >= 15 is 0 Å². The number of phosphoric acid groups is 1. The summed E-state index contributed by atoms with van der Waals surface area (Å²) in [6.07, 6.45) is 39.8. The van der Waals surface area contributed by atoms with E-state index in [1.54, 1.807) is 42.5 Å². The molecule has 348 valence electrons. The maximum absolute atomic E-state index is 12.7. The fourth-order valence-corrected chi connectivity index (χ4v) is 6.01. The molecule has 1 unspecified atom stereocenters. The number of hydrogen-bond acceptors (Lipinski definition) is 10. The van der Waals surface area contributed by atoms with Gasteiger partial charge in [-0.05, 0) is 64.2 Å². The van der Waals surface area contributed by atoms with Gasteiger partial charge in [-0.15, -0.1) is 0 Å². The van der Waals surface area contributed by atoms with E-state index in [-0.39, 0.29) is 32.3 Å². The third kappa shape index (κ3) is 40.6. The maximum Gasteiger partial charge on any atom is 0.472 e. The van der Waals surface area contributed by atoms with Gasteiger partial charge in [0.15, 0.2) is 6.10 Å². The van der Waals surface area contributed by atoms with Gasteiger partial charge in [-0.1, -0.05) is 143 Å². The first kappa shape index (κ1) is 57.8. The van der Waals surface area contributed by atoms with Gasteiger partial charge in [-0.3, -0.25) is 18.6 Å². The average Bonchev–Trinajstić information content (AvgIpc) is 3.20. The van der Waals surface area contributed by atoms with Crippen LogP contribution in [0.4, 0.5) is 0 Å². The van der Waals surface area contributed by atoms with Crippen molar-refractivity contribution in [3.05, 3.63) is 97.2 Å². The lowest BCUT2D eigenvalue weighted by Crippen LogP contribution is -2.37. The molecule has 0 aliphatic carbocycles. The summed E-state index contributed by atoms with van der Waals surface area (Å²) in [5.41, 5.74) is 0. The lowest BCUT2D eigenvalue weighted by molar-refractivity contribution is -0.870. The van der Waals surface area contributed by atoms with E-state index in [9.17, 15) is 34.4 Å². The molecule has 0 spiro atoms. The number of nitrogens with zero attached hydrogens (tertiary/aromatic N) is 1. The zero-order valence-corrected chi connectivity index (χ0v) is 38.8. The summed E-state index contributed by atoms with van der Waals surface area (Å²) in [7, 11) is 1.23. The molecule has 0 aromatic rings. The van der Waals surface area contributed by atoms with Crippen molar-refractivity contribution in [2.24, 2.45) is 0 Å². The number of carbonyl (C=O) groups is 2. The Bertz CT molecular complexity index is 1410. The maximum atomic E-state index is 12.7. The Balaban J connectivity index is 4.79. The highest BCUT2D eigenvalue weighted by atomic mass is 31.2. The largest absolute Gasteiger partial charge is 0.472 e. The van der Waals surface area contributed by atoms with E-state index in [0.29, 0.717) is 23.9 Å². The number of aliphatic hydroxyl groups excluding tert-OH is 3. The van der Waals surface area contributed by atoms with Crippen LogP contribution in [0.3, 0.4) is 0 Å². The molecule has 0 saturated heterocycles. The minimum atomic E-state index is -4.48. The monoisotopic (exact) mass is 879 g/mol. The number of likely N-dealkylation sites (N-methyl/N-ethyl adjacent to an activating group) is 1. The molecule has 4 N–H and O–H groups in total. The summed E-state index contributed by atoms with van der Waals surface area (Å²) in [6, 6.07) is 0. The second-order valence-electron chi connectivity index (χ2n) is 15.9. The average molecular weight is 879 g/mol. The van der Waals surface area contributed by atoms with Crippen LogP contribution in [0.15, 0.2) is 97.2 Å². The first-order valence-corrected chi connectivity index (χ1v) is 23.8. The molecular formula is C48H81NO11P+. The molecule has 0 saturated carbocycles. The molecule has 13 heteroatoms. The number of ether oxygens (including phenoxy) is 2. The quantitative estimate of drug-likeness (QED) is 0.0116. The van der Waals surface area contributed by atoms with E-state index in [4.69, 9.17) is 18.5 Å². The summed E-state index contributed by atoms with van der Waals surface area (Å²) < 4.78 is 33.9. The van der Waals surface area contributed by atoms with Crippen LogP contribution in [0.1, 0.15) is 123 Å². The van der Waals surface area contributed by atoms with Gasteiger partial charge in [0, 0.05) is 12.8 Å². The van der Waals surface area contributed by atoms with Crippen molar-refractivity contribution in [2.75, 3.05) is 47.5 Å². The molecule has 0 radical (unpaired) electrons. The van der Waals surface area contributed by atoms with Crippen molar-refractivity contribution in [1.82, 2.24) is 0 Å². The molecule has 0 amide bonds. The normalized spacial score (nSPS) is 16.0. The lowest BCUT2D eigenvalue weighted by Gasteiger charge is -2.24. The summed E-state index contributed by atoms with van der Waals surface area (Å²) in [5.74, 6) is -1.21. The zero-order chi connectivity index (χ0) is 45.5. The highest BCUT2D eigenvalue weighted by Crippen LogP contribution is 2.43. The highest BCUT2D eigenvalue weighted by Gasteiger charge is 2.27. The highest BCUT2D eigenvalue weighted by molar-refractivity contribution is 7.47. The Kier molecular flexibility index (Phi) is 36.5. The minimum Gasteiger partial charge on any atom is -0.462 e. The molecule has 0 aromatic carbocycles. The fraction of sp³-hybridized carbons (Fsp3) is 0.625. The van der Waals surface area contributed by atoms with Crippen LogP contribution < -0.4 is 0 Å². The van der Waals surface area contributed by atoms with E-state index in [1.807, 2.05) is 33.3 Å². The van der Waals surface area contributed by atoms with Crippen molar-refractivity contribution >= 4 is 19.8 Å². The van der Waals surface area contributed by atoms with E-state index in [2.05, 4.69) is 50.3 Å². The minimum absolute atomic E-state index is 0.0395. The van der Waals surface area contributed by atoms with Crippen LogP contribution >= 0.6 is 7.82 Å². The van der Waals surface area contributed by atoms with Gasteiger partial charge >= 0.3 is 19.8 Å². The predicted molar refractivity (Wildman–Crippen MR) is 246 cm³/mol. The number of quaternary nitrogens is 1. The number of rotatable bonds is 38. The Labute approximate surface area is 368 Å². The Morgan fingerprint density at radius 3 is 1.77 bits per heavy atom. The van der Waals surface area contributed by atoms with Gasteiger partial charge in [-0.25, -0.2) is 4.57 Å². The van der Waals surface area contributed by atoms with Gasteiger partial charge in [-0.2, -0.15) is 0 Å². The number of phosphoric ester groups is 1. The summed E-state index contributed by atoms with van der Waals surface area (Å²) >= 11 is 0. The number of unbranched alkanes of at least 4 members (excludes halogenated alkanes) is 6. The lowest BCUT2D eigenvalue weighted by atomic mass is 10.1. The summed E-state index contributed by atoms with van der Waals surface area (Å²) in [5, 5.41) is 30.5. The van der Waals surface area contributed by atoms with E-state index in [0.717, 1.165) is 51.4 Å². The van der Waals surface area contributed by atoms with Crippen molar-refractivity contribution in [2.45, 2.75) is 147 Å². The first-order chi connectivity index (χ1) is 29.2. The standard InChI is InChI=1S/C48H80NO11P/c1-6-8-10-11-12-13-14-15-16-17-18-19-20-21-22-27-31-37-48(54)60-44(42-59-61(55,56)58-40-39-49(3,4)5)41-57-47(53)38-32-36-46(52)45(51)35-30-26-24-23-25-29-34-43(50)33-28-9-7-2/h12-13,15-16,18-19,21-26,29-30,34-35,43-46,50-52H,6-11,14,17,20,27-28,31-33,36-42H2,1-5H3/p+1/b13-12-,16-15-,19-18-,22-21-,25-23-,26-24+,34-29+,35-30+/t43-,44-,45-,46-/m1/s1. The van der Waals surface area contributed by atoms with Gasteiger partial charge in [0.1, 0.15) is 19.8 Å². The van der Waals surface area contributed by atoms with Gasteiger partial charge < -0.3 is 34.2 Å². The molecule has 0 rings (SSSR count). The Morgan fingerprint density at radius 2 is 1.16 bits per heavy atom. The first-order valence-electron chi connectivity index (χ1n) is 22.3. The molecule has 5 atom stereocenters. The topological polar surface area (TPSA) is 169 Å². The van der Waals surface area contributed by atoms with Crippen LogP contribution in [0, 0.1) is 0 Å². The molecule has 0 fully saturated rings. The third-order valence-electron chi connectivity index (χ3n) is 8.95. The van der Waals surface area contributed by atoms with Crippen molar-refractivity contribution in [3.8, 4) is 0 Å². The molecule has 0 aliphatic heterocycles. The number of aliphatic hydroxyl groups is 3. The Hall–Kier alpha value is -3.19. The number of carbonyl (C=O) groups excluding carboxylic acids is 2. The van der Waals surface area contributed by atoms with Crippen LogP contribution in [-0.2, 0) is 32.7 Å². The van der Waals surface area contributed by atoms with Crippen molar-refractivity contribution in [1.29, 1.82) is 0 Å². The van der Waals surface area contributed by atoms with Gasteiger partial charge in [0.25, 0.3) is 0 Å². The number of esters is 2. The fourth-order valence-electron chi connectivity index (χ4n) is 5.27. The number of hydrogen-bond donors (Lipinski definition) is 4. The van der Waals surface area contributed by atoms with E-state index in [1.165, 1.54) is 25.3 Å². The van der Waals surface area contributed by atoms with Crippen LogP contribution in [0.25, 0.3) is 0 Å². The summed E-state index contributed by atoms with van der Waals surface area (Å²) in [6.45, 7) is 3.80.